The predicted octanol–water partition coefficient (Wildman–Crippen LogP) is 5.09. The van der Waals surface area contributed by atoms with E-state index in [2.05, 4.69) is 10.2 Å². The highest BCUT2D eigenvalue weighted by Crippen LogP contribution is 2.27. The summed E-state index contributed by atoms with van der Waals surface area (Å²) in [4.78, 5) is 15.1. The molecule has 1 aliphatic rings. The molecule has 0 aliphatic carbocycles. The van der Waals surface area contributed by atoms with Crippen LogP contribution >= 0.6 is 23.2 Å². The van der Waals surface area contributed by atoms with Gasteiger partial charge in [0.15, 0.2) is 0 Å². The molecule has 0 saturated carbocycles. The molecule has 28 heavy (non-hydrogen) atoms. The smallest absolute Gasteiger partial charge is 0.223 e. The van der Waals surface area contributed by atoms with E-state index in [9.17, 15) is 4.79 Å². The molecule has 0 bridgehead atoms. The molecule has 2 aromatic carbocycles. The first-order chi connectivity index (χ1) is 13.5. The SMILES string of the molecule is COc1ccccc1C(C)NC(=O)C1CCN(Cc2ccc(Cl)cc2Cl)CC1. The van der Waals surface area contributed by atoms with E-state index in [1.54, 1.807) is 13.2 Å². The number of ether oxygens (including phenoxy) is 1. The van der Waals surface area contributed by atoms with Crippen molar-refractivity contribution in [3.63, 3.8) is 0 Å². The number of methoxy groups -OCH3 is 1. The highest BCUT2D eigenvalue weighted by Gasteiger charge is 2.26. The van der Waals surface area contributed by atoms with E-state index in [4.69, 9.17) is 27.9 Å². The molecule has 1 fully saturated rings. The number of nitrogens with zero attached hydrogens (tertiary/aromatic N) is 1. The minimum Gasteiger partial charge on any atom is -0.496 e. The molecule has 4 nitrogen and oxygen atoms in total. The zero-order valence-electron chi connectivity index (χ0n) is 16.3. The molecule has 3 rings (SSSR count). The molecule has 0 radical (unpaired) electrons. The lowest BCUT2D eigenvalue weighted by molar-refractivity contribution is -0.127. The van der Waals surface area contributed by atoms with Crippen molar-refractivity contribution >= 4 is 29.1 Å². The van der Waals surface area contributed by atoms with Crippen molar-refractivity contribution < 1.29 is 9.53 Å². The average Bonchev–Trinajstić information content (AvgIpc) is 2.70. The van der Waals surface area contributed by atoms with Crippen molar-refractivity contribution in [3.05, 3.63) is 63.6 Å². The number of hydrogen-bond acceptors (Lipinski definition) is 3. The fraction of sp³-hybridized carbons (Fsp3) is 0.409. The summed E-state index contributed by atoms with van der Waals surface area (Å²) >= 11 is 12.3. The fourth-order valence-corrected chi connectivity index (χ4v) is 4.15. The van der Waals surface area contributed by atoms with Crippen LogP contribution in [0.2, 0.25) is 10.0 Å². The van der Waals surface area contributed by atoms with Crippen molar-refractivity contribution in [1.29, 1.82) is 0 Å². The van der Waals surface area contributed by atoms with Gasteiger partial charge >= 0.3 is 0 Å². The predicted molar refractivity (Wildman–Crippen MR) is 114 cm³/mol. The number of nitrogens with one attached hydrogen (secondary N) is 1. The van der Waals surface area contributed by atoms with E-state index in [-0.39, 0.29) is 17.9 Å². The maximum Gasteiger partial charge on any atom is 0.223 e. The highest BCUT2D eigenvalue weighted by molar-refractivity contribution is 6.35. The van der Waals surface area contributed by atoms with Gasteiger partial charge in [0.05, 0.1) is 13.2 Å². The largest absolute Gasteiger partial charge is 0.496 e. The summed E-state index contributed by atoms with van der Waals surface area (Å²) in [6.45, 7) is 4.52. The molecule has 0 aromatic heterocycles. The van der Waals surface area contributed by atoms with E-state index in [1.165, 1.54) is 0 Å². The number of benzene rings is 2. The molecule has 6 heteroatoms. The number of carbonyl (C=O) groups excluding carboxylic acids is 1. The van der Waals surface area contributed by atoms with Gasteiger partial charge in [0.1, 0.15) is 5.75 Å². The third kappa shape index (κ3) is 5.19. The van der Waals surface area contributed by atoms with Crippen LogP contribution in [0.3, 0.4) is 0 Å². The van der Waals surface area contributed by atoms with Gasteiger partial charge in [-0.1, -0.05) is 47.5 Å². The van der Waals surface area contributed by atoms with E-state index >= 15 is 0 Å². The van der Waals surface area contributed by atoms with Crippen LogP contribution in [0.5, 0.6) is 5.75 Å². The summed E-state index contributed by atoms with van der Waals surface area (Å²) in [7, 11) is 1.65. The van der Waals surface area contributed by atoms with Crippen LogP contribution in [0.1, 0.15) is 36.9 Å². The Hall–Kier alpha value is -1.75. The molecule has 1 amide bonds. The van der Waals surface area contributed by atoms with Gasteiger partial charge in [-0.2, -0.15) is 0 Å². The number of amides is 1. The van der Waals surface area contributed by atoms with Gasteiger partial charge in [-0.05, 0) is 56.6 Å². The first-order valence-corrected chi connectivity index (χ1v) is 10.3. The second-order valence-electron chi connectivity index (χ2n) is 7.26. The standard InChI is InChI=1S/C22H26Cl2N2O2/c1-15(19-5-3-4-6-21(19)28-2)25-22(27)16-9-11-26(12-10-16)14-17-7-8-18(23)13-20(17)24/h3-8,13,15-16H,9-12,14H2,1-2H3,(H,25,27). The van der Waals surface area contributed by atoms with Crippen molar-refractivity contribution in [2.45, 2.75) is 32.4 Å². The minimum absolute atomic E-state index is 0.0362. The third-order valence-corrected chi connectivity index (χ3v) is 5.92. The van der Waals surface area contributed by atoms with Crippen LogP contribution in [-0.4, -0.2) is 31.0 Å². The quantitative estimate of drug-likeness (QED) is 0.707. The van der Waals surface area contributed by atoms with Crippen LogP contribution in [0.15, 0.2) is 42.5 Å². The lowest BCUT2D eigenvalue weighted by Crippen LogP contribution is -2.41. The van der Waals surface area contributed by atoms with Gasteiger partial charge in [-0.3, -0.25) is 9.69 Å². The van der Waals surface area contributed by atoms with E-state index in [0.29, 0.717) is 10.0 Å². The van der Waals surface area contributed by atoms with Crippen LogP contribution in [-0.2, 0) is 11.3 Å². The number of para-hydroxylation sites is 1. The number of likely N-dealkylation sites (tertiary alicyclic amines) is 1. The molecule has 1 heterocycles. The normalized spacial score (nSPS) is 16.6. The summed E-state index contributed by atoms with van der Waals surface area (Å²) < 4.78 is 5.40. The Labute approximate surface area is 176 Å². The van der Waals surface area contributed by atoms with Crippen LogP contribution in [0, 0.1) is 5.92 Å². The second kappa shape index (κ2) is 9.64. The first-order valence-electron chi connectivity index (χ1n) is 9.57. The lowest BCUT2D eigenvalue weighted by atomic mass is 9.94. The Bertz CT molecular complexity index is 820. The van der Waals surface area contributed by atoms with Gasteiger partial charge in [0, 0.05) is 28.1 Å². The number of halogens is 2. The van der Waals surface area contributed by atoms with Crippen LogP contribution in [0.4, 0.5) is 0 Å². The Balaban J connectivity index is 1.52. The number of rotatable bonds is 6. The molecule has 1 aliphatic heterocycles. The van der Waals surface area contributed by atoms with Crippen molar-refractivity contribution in [1.82, 2.24) is 10.2 Å². The Morgan fingerprint density at radius 3 is 2.61 bits per heavy atom. The van der Waals surface area contributed by atoms with Gasteiger partial charge in [0.2, 0.25) is 5.91 Å². The summed E-state index contributed by atoms with van der Waals surface area (Å²) in [6, 6.07) is 13.3. The molecule has 1 N–H and O–H groups in total. The maximum absolute atomic E-state index is 12.7. The van der Waals surface area contributed by atoms with E-state index in [0.717, 1.165) is 49.4 Å². The van der Waals surface area contributed by atoms with Crippen molar-refractivity contribution in [2.75, 3.05) is 20.2 Å². The van der Waals surface area contributed by atoms with Crippen LogP contribution in [0.25, 0.3) is 0 Å². The molecular weight excluding hydrogens is 395 g/mol. The number of piperidine rings is 1. The summed E-state index contributed by atoms with van der Waals surface area (Å²) in [6.07, 6.45) is 1.69. The summed E-state index contributed by atoms with van der Waals surface area (Å²) in [5.41, 5.74) is 2.06. The van der Waals surface area contributed by atoms with Gasteiger partial charge < -0.3 is 10.1 Å². The van der Waals surface area contributed by atoms with Crippen LogP contribution < -0.4 is 10.1 Å². The molecule has 2 aromatic rings. The van der Waals surface area contributed by atoms with Gasteiger partial charge in [-0.15, -0.1) is 0 Å². The number of hydrogen-bond donors (Lipinski definition) is 1. The lowest BCUT2D eigenvalue weighted by Gasteiger charge is -2.32. The van der Waals surface area contributed by atoms with Crippen molar-refractivity contribution in [3.8, 4) is 5.75 Å². The molecule has 0 spiro atoms. The molecular formula is C22H26Cl2N2O2. The average molecular weight is 421 g/mol. The maximum atomic E-state index is 12.7. The third-order valence-electron chi connectivity index (χ3n) is 5.33. The topological polar surface area (TPSA) is 41.6 Å². The number of carbonyl (C=O) groups is 1. The first kappa shape index (κ1) is 21.0. The van der Waals surface area contributed by atoms with E-state index in [1.807, 2.05) is 43.3 Å². The van der Waals surface area contributed by atoms with Crippen molar-refractivity contribution in [2.24, 2.45) is 5.92 Å². The van der Waals surface area contributed by atoms with Gasteiger partial charge in [-0.25, -0.2) is 0 Å². The minimum atomic E-state index is -0.0884. The zero-order chi connectivity index (χ0) is 20.1. The molecule has 1 saturated heterocycles. The summed E-state index contributed by atoms with van der Waals surface area (Å²) in [5.74, 6) is 0.946. The highest BCUT2D eigenvalue weighted by atomic mass is 35.5. The second-order valence-corrected chi connectivity index (χ2v) is 8.10. The fourth-order valence-electron chi connectivity index (χ4n) is 3.68. The molecule has 150 valence electrons. The summed E-state index contributed by atoms with van der Waals surface area (Å²) in [5, 5.41) is 4.49. The van der Waals surface area contributed by atoms with E-state index < -0.39 is 0 Å². The Kier molecular flexibility index (Phi) is 7.22. The monoisotopic (exact) mass is 420 g/mol. The zero-order valence-corrected chi connectivity index (χ0v) is 17.8. The molecule has 1 unspecified atom stereocenters. The van der Waals surface area contributed by atoms with Gasteiger partial charge in [0.25, 0.3) is 0 Å². The Morgan fingerprint density at radius 2 is 1.93 bits per heavy atom. The molecule has 1 atom stereocenters. The Morgan fingerprint density at radius 1 is 1.21 bits per heavy atom.